The molecule has 0 aromatic heterocycles. The minimum absolute atomic E-state index is 1.06. The Morgan fingerprint density at radius 2 is 1.05 bits per heavy atom. The lowest BCUT2D eigenvalue weighted by atomic mass is 10.1. The van der Waals surface area contributed by atoms with Gasteiger partial charge >= 0.3 is 0 Å². The van der Waals surface area contributed by atoms with Gasteiger partial charge in [-0.25, -0.2) is 0 Å². The predicted molar refractivity (Wildman–Crippen MR) is 93.9 cm³/mol. The zero-order chi connectivity index (χ0) is 14.7. The molecule has 0 unspecified atom stereocenters. The SMILES string of the molecule is [CH2]CCC/C=C\CCCC/C=C\C/C=C\CCCCC. The summed E-state index contributed by atoms with van der Waals surface area (Å²) in [6, 6.07) is 0. The molecule has 0 aliphatic heterocycles. The molecule has 0 heterocycles. The molecular formula is C20H35. The van der Waals surface area contributed by atoms with Crippen LogP contribution in [0.15, 0.2) is 36.5 Å². The lowest BCUT2D eigenvalue weighted by molar-refractivity contribution is 0.728. The highest BCUT2D eigenvalue weighted by Crippen LogP contribution is 2.04. The summed E-state index contributed by atoms with van der Waals surface area (Å²) in [5.74, 6) is 0. The molecule has 0 amide bonds. The van der Waals surface area contributed by atoms with Crippen molar-refractivity contribution in [2.75, 3.05) is 0 Å². The standard InChI is InChI=1S/C20H35/c1-3-5-7-9-11-13-15-17-19-20-18-16-14-12-10-8-6-4-2/h9,11-12,14,18,20H,1,3-8,10,13,15-17,19H2,2H3/b11-9-,14-12-,20-18-. The van der Waals surface area contributed by atoms with Gasteiger partial charge in [0.1, 0.15) is 0 Å². The van der Waals surface area contributed by atoms with E-state index in [1.807, 2.05) is 0 Å². The first-order valence-electron chi connectivity index (χ1n) is 8.66. The monoisotopic (exact) mass is 275 g/mol. The molecule has 0 nitrogen and oxygen atoms in total. The average Bonchev–Trinajstić information content (AvgIpc) is 2.47. The average molecular weight is 276 g/mol. The third-order valence-electron chi connectivity index (χ3n) is 3.36. The Hall–Kier alpha value is -0.780. The van der Waals surface area contributed by atoms with Gasteiger partial charge < -0.3 is 0 Å². The summed E-state index contributed by atoms with van der Waals surface area (Å²) >= 11 is 0. The number of rotatable bonds is 14. The van der Waals surface area contributed by atoms with Crippen LogP contribution in [0, 0.1) is 6.92 Å². The number of allylic oxidation sites excluding steroid dienone is 6. The van der Waals surface area contributed by atoms with Crippen LogP contribution in [0.1, 0.15) is 84.0 Å². The lowest BCUT2D eigenvalue weighted by Gasteiger charge is -1.94. The second-order valence-corrected chi connectivity index (χ2v) is 5.43. The van der Waals surface area contributed by atoms with Crippen molar-refractivity contribution in [1.82, 2.24) is 0 Å². The van der Waals surface area contributed by atoms with Crippen molar-refractivity contribution in [3.8, 4) is 0 Å². The van der Waals surface area contributed by atoms with Crippen LogP contribution in [0.3, 0.4) is 0 Å². The Morgan fingerprint density at radius 3 is 1.55 bits per heavy atom. The van der Waals surface area contributed by atoms with E-state index in [4.69, 9.17) is 0 Å². The van der Waals surface area contributed by atoms with Crippen molar-refractivity contribution in [3.63, 3.8) is 0 Å². The summed E-state index contributed by atoms with van der Waals surface area (Å²) < 4.78 is 0. The molecule has 0 N–H and O–H groups in total. The highest BCUT2D eigenvalue weighted by atomic mass is 13.9. The molecule has 20 heavy (non-hydrogen) atoms. The minimum atomic E-state index is 1.06. The van der Waals surface area contributed by atoms with E-state index in [0.29, 0.717) is 0 Å². The fraction of sp³-hybridized carbons (Fsp3) is 0.650. The molecule has 0 rings (SSSR count). The molecule has 1 radical (unpaired) electrons. The molecule has 0 bridgehead atoms. The van der Waals surface area contributed by atoms with Crippen molar-refractivity contribution >= 4 is 0 Å². The van der Waals surface area contributed by atoms with Gasteiger partial charge in [-0.05, 0) is 57.8 Å². The fourth-order valence-corrected chi connectivity index (χ4v) is 2.04. The van der Waals surface area contributed by atoms with Crippen LogP contribution in [0.2, 0.25) is 0 Å². The van der Waals surface area contributed by atoms with E-state index in [-0.39, 0.29) is 0 Å². The lowest BCUT2D eigenvalue weighted by Crippen LogP contribution is -1.73. The molecule has 0 aliphatic carbocycles. The summed E-state index contributed by atoms with van der Waals surface area (Å²) in [7, 11) is 0. The molecule has 115 valence electrons. The van der Waals surface area contributed by atoms with E-state index < -0.39 is 0 Å². The molecule has 0 saturated heterocycles. The van der Waals surface area contributed by atoms with Crippen LogP contribution >= 0.6 is 0 Å². The minimum Gasteiger partial charge on any atom is -0.0885 e. The van der Waals surface area contributed by atoms with Crippen molar-refractivity contribution < 1.29 is 0 Å². The molecule has 0 aromatic rings. The molecule has 0 spiro atoms. The smallest absolute Gasteiger partial charge is 0.0169 e. The molecule has 0 atom stereocenters. The van der Waals surface area contributed by atoms with Crippen LogP contribution in [-0.4, -0.2) is 0 Å². The van der Waals surface area contributed by atoms with E-state index in [1.165, 1.54) is 64.2 Å². The highest BCUT2D eigenvalue weighted by molar-refractivity contribution is 4.92. The van der Waals surface area contributed by atoms with E-state index in [1.54, 1.807) is 0 Å². The van der Waals surface area contributed by atoms with Gasteiger partial charge in [-0.15, -0.1) is 0 Å². The molecule has 0 fully saturated rings. The molecular weight excluding hydrogens is 240 g/mol. The predicted octanol–water partition coefficient (Wildman–Crippen LogP) is 7.19. The van der Waals surface area contributed by atoms with Crippen LogP contribution in [0.5, 0.6) is 0 Å². The van der Waals surface area contributed by atoms with Crippen LogP contribution in [0.4, 0.5) is 0 Å². The Labute approximate surface area is 128 Å². The van der Waals surface area contributed by atoms with Gasteiger partial charge in [-0.1, -0.05) is 69.6 Å². The Bertz CT molecular complexity index is 245. The summed E-state index contributed by atoms with van der Waals surface area (Å²) in [6.45, 7) is 6.10. The van der Waals surface area contributed by atoms with Crippen LogP contribution < -0.4 is 0 Å². The number of hydrogen-bond donors (Lipinski definition) is 0. The van der Waals surface area contributed by atoms with Gasteiger partial charge in [0, 0.05) is 0 Å². The van der Waals surface area contributed by atoms with Crippen molar-refractivity contribution in [2.45, 2.75) is 84.0 Å². The van der Waals surface area contributed by atoms with Gasteiger partial charge in [-0.3, -0.25) is 0 Å². The van der Waals surface area contributed by atoms with Crippen molar-refractivity contribution in [1.29, 1.82) is 0 Å². The first-order valence-corrected chi connectivity index (χ1v) is 8.66. The maximum Gasteiger partial charge on any atom is -0.0169 e. The molecule has 0 heteroatoms. The fourth-order valence-electron chi connectivity index (χ4n) is 2.04. The maximum absolute atomic E-state index is 3.85. The number of hydrogen-bond acceptors (Lipinski definition) is 0. The van der Waals surface area contributed by atoms with E-state index in [9.17, 15) is 0 Å². The third-order valence-corrected chi connectivity index (χ3v) is 3.36. The Morgan fingerprint density at radius 1 is 0.600 bits per heavy atom. The summed E-state index contributed by atoms with van der Waals surface area (Å²) in [6.07, 6.45) is 28.9. The summed E-state index contributed by atoms with van der Waals surface area (Å²) in [4.78, 5) is 0. The molecule has 0 aromatic carbocycles. The number of unbranched alkanes of at least 4 members (excludes halogenated alkanes) is 8. The van der Waals surface area contributed by atoms with E-state index in [0.717, 1.165) is 12.8 Å². The van der Waals surface area contributed by atoms with Gasteiger partial charge in [0.05, 0.1) is 0 Å². The van der Waals surface area contributed by atoms with Crippen molar-refractivity contribution in [3.05, 3.63) is 43.4 Å². The third kappa shape index (κ3) is 17.2. The van der Waals surface area contributed by atoms with E-state index >= 15 is 0 Å². The topological polar surface area (TPSA) is 0 Å². The summed E-state index contributed by atoms with van der Waals surface area (Å²) in [5.41, 5.74) is 0. The normalized spacial score (nSPS) is 12.3. The first kappa shape index (κ1) is 19.2. The molecule has 0 saturated carbocycles. The zero-order valence-electron chi connectivity index (χ0n) is 13.7. The van der Waals surface area contributed by atoms with Crippen molar-refractivity contribution in [2.24, 2.45) is 0 Å². The van der Waals surface area contributed by atoms with Gasteiger partial charge in [0.2, 0.25) is 0 Å². The summed E-state index contributed by atoms with van der Waals surface area (Å²) in [5, 5.41) is 0. The van der Waals surface area contributed by atoms with Crippen LogP contribution in [0.25, 0.3) is 0 Å². The molecule has 0 aliphatic rings. The Balaban J connectivity index is 3.21. The largest absolute Gasteiger partial charge is 0.0885 e. The second kappa shape index (κ2) is 18.2. The Kier molecular flexibility index (Phi) is 17.5. The van der Waals surface area contributed by atoms with Gasteiger partial charge in [-0.2, -0.15) is 0 Å². The maximum atomic E-state index is 3.85. The highest BCUT2D eigenvalue weighted by Gasteiger charge is 1.84. The van der Waals surface area contributed by atoms with Crippen LogP contribution in [-0.2, 0) is 0 Å². The van der Waals surface area contributed by atoms with Gasteiger partial charge in [0.15, 0.2) is 0 Å². The van der Waals surface area contributed by atoms with E-state index in [2.05, 4.69) is 50.3 Å². The quantitative estimate of drug-likeness (QED) is 0.232. The first-order chi connectivity index (χ1) is 9.91. The van der Waals surface area contributed by atoms with Gasteiger partial charge in [0.25, 0.3) is 0 Å². The zero-order valence-corrected chi connectivity index (χ0v) is 13.7. The second-order valence-electron chi connectivity index (χ2n) is 5.43.